The SMILES string of the molecule is Cc1cccc(-c2nc3ccccc3n2CCCOc2ccc(Cl)cc2)c1. The minimum atomic E-state index is 0.640. The molecule has 0 saturated carbocycles. The standard InChI is InChI=1S/C23H21ClN2O/c1-17-6-4-7-18(16-17)23-25-21-8-2-3-9-22(21)26(23)14-5-15-27-20-12-10-19(24)11-13-20/h2-4,6-13,16H,5,14-15H2,1H3. The summed E-state index contributed by atoms with van der Waals surface area (Å²) in [5.41, 5.74) is 4.55. The van der Waals surface area contributed by atoms with Crippen LogP contribution in [0.3, 0.4) is 0 Å². The third kappa shape index (κ3) is 3.99. The Morgan fingerprint density at radius 3 is 2.59 bits per heavy atom. The largest absolute Gasteiger partial charge is 0.494 e. The molecule has 1 heterocycles. The van der Waals surface area contributed by atoms with Gasteiger partial charge in [-0.15, -0.1) is 0 Å². The molecular formula is C23H21ClN2O. The lowest BCUT2D eigenvalue weighted by Gasteiger charge is -2.11. The normalized spacial score (nSPS) is 11.0. The lowest BCUT2D eigenvalue weighted by molar-refractivity contribution is 0.303. The van der Waals surface area contributed by atoms with Crippen molar-refractivity contribution in [2.75, 3.05) is 6.61 Å². The molecule has 4 aromatic rings. The first-order valence-corrected chi connectivity index (χ1v) is 9.49. The van der Waals surface area contributed by atoms with Crippen molar-refractivity contribution in [3.8, 4) is 17.1 Å². The molecule has 3 aromatic carbocycles. The second kappa shape index (κ2) is 7.85. The Hall–Kier alpha value is -2.78. The van der Waals surface area contributed by atoms with E-state index in [4.69, 9.17) is 21.3 Å². The molecule has 0 aliphatic rings. The highest BCUT2D eigenvalue weighted by atomic mass is 35.5. The molecule has 0 saturated heterocycles. The number of rotatable bonds is 6. The average molecular weight is 377 g/mol. The van der Waals surface area contributed by atoms with Crippen LogP contribution >= 0.6 is 11.6 Å². The van der Waals surface area contributed by atoms with Gasteiger partial charge >= 0.3 is 0 Å². The summed E-state index contributed by atoms with van der Waals surface area (Å²) >= 11 is 5.92. The predicted octanol–water partition coefficient (Wildman–Crippen LogP) is 6.13. The van der Waals surface area contributed by atoms with Gasteiger partial charge in [-0.05, 0) is 55.8 Å². The van der Waals surface area contributed by atoms with Crippen molar-refractivity contribution in [1.29, 1.82) is 0 Å². The fourth-order valence-corrected chi connectivity index (χ4v) is 3.38. The molecule has 0 bridgehead atoms. The van der Waals surface area contributed by atoms with Crippen LogP contribution in [0.15, 0.2) is 72.8 Å². The Balaban J connectivity index is 1.55. The third-order valence-corrected chi connectivity index (χ3v) is 4.79. The Kier molecular flexibility index (Phi) is 5.12. The second-order valence-corrected chi connectivity index (χ2v) is 7.04. The first-order chi connectivity index (χ1) is 13.2. The lowest BCUT2D eigenvalue weighted by atomic mass is 10.1. The number of benzene rings is 3. The zero-order chi connectivity index (χ0) is 18.6. The average Bonchev–Trinajstić information content (AvgIpc) is 3.05. The van der Waals surface area contributed by atoms with Gasteiger partial charge in [-0.25, -0.2) is 4.98 Å². The number of aryl methyl sites for hydroxylation is 2. The predicted molar refractivity (Wildman–Crippen MR) is 111 cm³/mol. The molecule has 4 rings (SSSR count). The Morgan fingerprint density at radius 1 is 0.963 bits per heavy atom. The van der Waals surface area contributed by atoms with Crippen molar-refractivity contribution >= 4 is 22.6 Å². The molecule has 3 nitrogen and oxygen atoms in total. The van der Waals surface area contributed by atoms with Gasteiger partial charge in [0, 0.05) is 17.1 Å². The number of imidazole rings is 1. The molecule has 27 heavy (non-hydrogen) atoms. The molecule has 0 spiro atoms. The fourth-order valence-electron chi connectivity index (χ4n) is 3.25. The van der Waals surface area contributed by atoms with Gasteiger partial charge in [-0.2, -0.15) is 0 Å². The molecule has 0 atom stereocenters. The van der Waals surface area contributed by atoms with E-state index >= 15 is 0 Å². The highest BCUT2D eigenvalue weighted by Gasteiger charge is 2.12. The van der Waals surface area contributed by atoms with Crippen molar-refractivity contribution in [3.05, 3.63) is 83.4 Å². The number of aromatic nitrogens is 2. The van der Waals surface area contributed by atoms with Crippen molar-refractivity contribution in [1.82, 2.24) is 9.55 Å². The first kappa shape index (κ1) is 17.6. The van der Waals surface area contributed by atoms with Crippen LogP contribution in [-0.4, -0.2) is 16.2 Å². The van der Waals surface area contributed by atoms with Gasteiger partial charge < -0.3 is 9.30 Å². The van der Waals surface area contributed by atoms with Crippen LogP contribution in [0.5, 0.6) is 5.75 Å². The zero-order valence-electron chi connectivity index (χ0n) is 15.2. The van der Waals surface area contributed by atoms with Crippen LogP contribution < -0.4 is 4.74 Å². The van der Waals surface area contributed by atoms with Crippen molar-refractivity contribution in [3.63, 3.8) is 0 Å². The molecule has 0 aliphatic heterocycles. The minimum absolute atomic E-state index is 0.640. The highest BCUT2D eigenvalue weighted by molar-refractivity contribution is 6.30. The highest BCUT2D eigenvalue weighted by Crippen LogP contribution is 2.26. The summed E-state index contributed by atoms with van der Waals surface area (Å²) in [6.07, 6.45) is 0.891. The number of fused-ring (bicyclic) bond motifs is 1. The summed E-state index contributed by atoms with van der Waals surface area (Å²) in [6, 6.07) is 24.3. The first-order valence-electron chi connectivity index (χ1n) is 9.11. The van der Waals surface area contributed by atoms with Gasteiger partial charge in [0.15, 0.2) is 0 Å². The van der Waals surface area contributed by atoms with Crippen molar-refractivity contribution in [2.45, 2.75) is 19.9 Å². The van der Waals surface area contributed by atoms with Crippen LogP contribution in [0.4, 0.5) is 0 Å². The topological polar surface area (TPSA) is 27.1 Å². The van der Waals surface area contributed by atoms with Gasteiger partial charge in [-0.1, -0.05) is 47.5 Å². The second-order valence-electron chi connectivity index (χ2n) is 6.60. The van der Waals surface area contributed by atoms with E-state index < -0.39 is 0 Å². The number of ether oxygens (including phenoxy) is 1. The maximum Gasteiger partial charge on any atom is 0.141 e. The molecular weight excluding hydrogens is 356 g/mol. The van der Waals surface area contributed by atoms with E-state index in [2.05, 4.69) is 54.0 Å². The Morgan fingerprint density at radius 2 is 1.78 bits per heavy atom. The van der Waals surface area contributed by atoms with Crippen LogP contribution in [-0.2, 0) is 6.54 Å². The molecule has 0 unspecified atom stereocenters. The molecule has 136 valence electrons. The van der Waals surface area contributed by atoms with Gasteiger partial charge in [0.05, 0.1) is 17.6 Å². The quantitative estimate of drug-likeness (QED) is 0.378. The lowest BCUT2D eigenvalue weighted by Crippen LogP contribution is -2.06. The van der Waals surface area contributed by atoms with E-state index in [0.29, 0.717) is 6.61 Å². The van der Waals surface area contributed by atoms with E-state index in [0.717, 1.165) is 46.2 Å². The molecule has 4 heteroatoms. The third-order valence-electron chi connectivity index (χ3n) is 4.54. The Labute approximate surface area is 164 Å². The number of hydrogen-bond acceptors (Lipinski definition) is 2. The summed E-state index contributed by atoms with van der Waals surface area (Å²) in [5, 5.41) is 0.718. The summed E-state index contributed by atoms with van der Waals surface area (Å²) < 4.78 is 8.13. The van der Waals surface area contributed by atoms with Gasteiger partial charge in [0.25, 0.3) is 0 Å². The van der Waals surface area contributed by atoms with Crippen LogP contribution in [0, 0.1) is 6.92 Å². The van der Waals surface area contributed by atoms with E-state index in [1.54, 1.807) is 0 Å². The van der Waals surface area contributed by atoms with Gasteiger partial charge in [0.1, 0.15) is 11.6 Å². The Bertz CT molecular complexity index is 1050. The number of halogens is 1. The number of para-hydroxylation sites is 2. The summed E-state index contributed by atoms with van der Waals surface area (Å²) in [7, 11) is 0. The number of hydrogen-bond donors (Lipinski definition) is 0. The minimum Gasteiger partial charge on any atom is -0.494 e. The molecule has 0 radical (unpaired) electrons. The van der Waals surface area contributed by atoms with E-state index in [-0.39, 0.29) is 0 Å². The van der Waals surface area contributed by atoms with Crippen LogP contribution in [0.2, 0.25) is 5.02 Å². The molecule has 0 aliphatic carbocycles. The van der Waals surface area contributed by atoms with Gasteiger partial charge in [0.2, 0.25) is 0 Å². The fraction of sp³-hybridized carbons (Fsp3) is 0.174. The maximum absolute atomic E-state index is 5.92. The van der Waals surface area contributed by atoms with E-state index in [1.165, 1.54) is 5.56 Å². The van der Waals surface area contributed by atoms with Crippen molar-refractivity contribution in [2.24, 2.45) is 0 Å². The molecule has 0 amide bonds. The summed E-state index contributed by atoms with van der Waals surface area (Å²) in [6.45, 7) is 3.59. The van der Waals surface area contributed by atoms with Crippen LogP contribution in [0.25, 0.3) is 22.4 Å². The maximum atomic E-state index is 5.92. The molecule has 0 N–H and O–H groups in total. The number of nitrogens with zero attached hydrogens (tertiary/aromatic N) is 2. The summed E-state index contributed by atoms with van der Waals surface area (Å²) in [4.78, 5) is 4.88. The van der Waals surface area contributed by atoms with E-state index in [9.17, 15) is 0 Å². The van der Waals surface area contributed by atoms with E-state index in [1.807, 2.05) is 30.3 Å². The zero-order valence-corrected chi connectivity index (χ0v) is 16.0. The molecule has 1 aromatic heterocycles. The summed E-state index contributed by atoms with van der Waals surface area (Å²) in [5.74, 6) is 1.85. The molecule has 0 fully saturated rings. The van der Waals surface area contributed by atoms with Crippen LogP contribution in [0.1, 0.15) is 12.0 Å². The van der Waals surface area contributed by atoms with Crippen molar-refractivity contribution < 1.29 is 4.74 Å². The smallest absolute Gasteiger partial charge is 0.141 e. The van der Waals surface area contributed by atoms with Gasteiger partial charge in [-0.3, -0.25) is 0 Å². The monoisotopic (exact) mass is 376 g/mol.